The van der Waals surface area contributed by atoms with E-state index in [0.717, 1.165) is 28.3 Å². The van der Waals surface area contributed by atoms with Crippen molar-refractivity contribution in [3.8, 4) is 11.3 Å². The van der Waals surface area contributed by atoms with E-state index in [-0.39, 0.29) is 0 Å². The Morgan fingerprint density at radius 3 is 2.18 bits per heavy atom. The van der Waals surface area contributed by atoms with Crippen LogP contribution in [0.4, 0.5) is 0 Å². The number of imidazole rings is 1. The maximum absolute atomic E-state index is 9.53. The molecule has 1 aromatic carbocycles. The fourth-order valence-electron chi connectivity index (χ4n) is 2.25. The van der Waals surface area contributed by atoms with Crippen LogP contribution >= 0.6 is 0 Å². The van der Waals surface area contributed by atoms with Gasteiger partial charge in [0, 0.05) is 23.3 Å². The van der Waals surface area contributed by atoms with Crippen molar-refractivity contribution in [1.82, 2.24) is 9.97 Å². The number of allylic oxidation sites excluding steroid dienone is 7. The van der Waals surface area contributed by atoms with Gasteiger partial charge in [0.2, 0.25) is 0 Å². The molecule has 0 aliphatic heterocycles. The molecule has 1 aromatic heterocycles. The van der Waals surface area contributed by atoms with Crippen LogP contribution in [0.1, 0.15) is 31.8 Å². The third kappa shape index (κ3) is 8.37. The number of aryl methyl sites for hydroxylation is 1. The molecular weight excluding hydrogens is 344 g/mol. The van der Waals surface area contributed by atoms with Crippen LogP contribution < -0.4 is 0 Å². The molecule has 0 amide bonds. The number of rotatable bonds is 2. The topological polar surface area (TPSA) is 48.9 Å². The molecule has 3 rings (SSSR count). The van der Waals surface area contributed by atoms with Gasteiger partial charge < -0.3 is 10.1 Å². The van der Waals surface area contributed by atoms with Crippen molar-refractivity contribution in [3.63, 3.8) is 0 Å². The monoisotopic (exact) mass is 376 g/mol. The van der Waals surface area contributed by atoms with Crippen LogP contribution in [0.25, 0.3) is 16.8 Å². The lowest BCUT2D eigenvalue weighted by Crippen LogP contribution is -1.84. The van der Waals surface area contributed by atoms with Gasteiger partial charge in [-0.05, 0) is 32.9 Å². The maximum atomic E-state index is 9.53. The van der Waals surface area contributed by atoms with E-state index in [2.05, 4.69) is 48.4 Å². The average Bonchev–Trinajstić information content (AvgIpc) is 2.96. The highest BCUT2D eigenvalue weighted by molar-refractivity contribution is 5.74. The Morgan fingerprint density at radius 2 is 1.61 bits per heavy atom. The third-order valence-electron chi connectivity index (χ3n) is 3.29. The van der Waals surface area contributed by atoms with Crippen LogP contribution in [0.2, 0.25) is 0 Å². The minimum Gasteiger partial charge on any atom is -0.512 e. The summed E-state index contributed by atoms with van der Waals surface area (Å²) in [6.07, 6.45) is 11.6. The summed E-state index contributed by atoms with van der Waals surface area (Å²) in [5, 5.41) is 9.53. The van der Waals surface area contributed by atoms with Gasteiger partial charge >= 0.3 is 0 Å². The van der Waals surface area contributed by atoms with E-state index < -0.39 is 0 Å². The molecule has 2 aromatic rings. The van der Waals surface area contributed by atoms with Gasteiger partial charge in [0.1, 0.15) is 5.82 Å². The Labute approximate surface area is 169 Å². The zero-order valence-corrected chi connectivity index (χ0v) is 17.3. The van der Waals surface area contributed by atoms with Crippen LogP contribution in [0.15, 0.2) is 98.9 Å². The quantitative estimate of drug-likeness (QED) is 0.538. The zero-order valence-electron chi connectivity index (χ0n) is 17.3. The highest BCUT2D eigenvalue weighted by atomic mass is 16.3. The van der Waals surface area contributed by atoms with Gasteiger partial charge in [-0.15, -0.1) is 26.3 Å². The standard InChI is InChI=1S/C17H16N2O.2C3H6.C2H4/c1-12-16(13-6-3-2-4-7-13)19-17(18-12)14-8-5-9-15(20)11-10-14;2*1-3-2;1-2/h2-8,10-11,20H,9H2,1H3,(H,18,19);2*3H,1H2,2H3;1-2H2. The summed E-state index contributed by atoms with van der Waals surface area (Å²) in [6, 6.07) is 10.1. The molecule has 0 unspecified atom stereocenters. The highest BCUT2D eigenvalue weighted by Crippen LogP contribution is 2.25. The normalized spacial score (nSPS) is 11.5. The smallest absolute Gasteiger partial charge is 0.138 e. The number of aliphatic hydroxyl groups is 1. The van der Waals surface area contributed by atoms with Crippen LogP contribution in [-0.2, 0) is 0 Å². The van der Waals surface area contributed by atoms with Crippen molar-refractivity contribution >= 4 is 5.57 Å². The minimum absolute atomic E-state index is 0.364. The molecule has 3 nitrogen and oxygen atoms in total. The molecule has 1 aliphatic rings. The van der Waals surface area contributed by atoms with Crippen LogP contribution in [-0.4, -0.2) is 15.1 Å². The molecule has 0 spiro atoms. The first kappa shape index (κ1) is 24.7. The molecule has 2 N–H and O–H groups in total. The zero-order chi connectivity index (χ0) is 21.4. The van der Waals surface area contributed by atoms with Gasteiger partial charge in [0.25, 0.3) is 0 Å². The molecule has 28 heavy (non-hydrogen) atoms. The van der Waals surface area contributed by atoms with Crippen molar-refractivity contribution in [1.29, 1.82) is 0 Å². The molecule has 0 atom stereocenters. The first-order valence-electron chi connectivity index (χ1n) is 9.10. The number of benzene rings is 1. The van der Waals surface area contributed by atoms with E-state index >= 15 is 0 Å². The Kier molecular flexibility index (Phi) is 13.0. The molecule has 148 valence electrons. The predicted molar refractivity (Wildman–Crippen MR) is 124 cm³/mol. The number of hydrogen-bond acceptors (Lipinski definition) is 2. The molecule has 0 saturated carbocycles. The van der Waals surface area contributed by atoms with E-state index in [1.54, 1.807) is 18.2 Å². The Balaban J connectivity index is 0.000000796. The molecule has 0 fully saturated rings. The molecule has 3 heteroatoms. The largest absolute Gasteiger partial charge is 0.512 e. The van der Waals surface area contributed by atoms with Gasteiger partial charge in [-0.25, -0.2) is 4.98 Å². The summed E-state index contributed by atoms with van der Waals surface area (Å²) in [5.41, 5.74) is 4.08. The molecule has 0 radical (unpaired) electrons. The predicted octanol–water partition coefficient (Wildman–Crippen LogP) is 7.36. The lowest BCUT2D eigenvalue weighted by atomic mass is 10.1. The number of aliphatic hydroxyl groups excluding tert-OH is 1. The number of aromatic nitrogens is 2. The Bertz CT molecular complexity index is 802. The van der Waals surface area contributed by atoms with Gasteiger partial charge in [-0.3, -0.25) is 0 Å². The van der Waals surface area contributed by atoms with E-state index in [9.17, 15) is 5.11 Å². The van der Waals surface area contributed by atoms with Crippen LogP contribution in [0.3, 0.4) is 0 Å². The second-order valence-corrected chi connectivity index (χ2v) is 5.63. The lowest BCUT2D eigenvalue weighted by molar-refractivity contribution is 0.402. The SMILES string of the molecule is C=C.C=CC.C=CC.Cc1[nH]c(C2=CC=C(O)CC=C2)nc1-c1ccccc1. The van der Waals surface area contributed by atoms with E-state index in [0.29, 0.717) is 12.2 Å². The summed E-state index contributed by atoms with van der Waals surface area (Å²) in [4.78, 5) is 8.00. The van der Waals surface area contributed by atoms with Crippen LogP contribution in [0, 0.1) is 6.92 Å². The van der Waals surface area contributed by atoms with E-state index in [4.69, 9.17) is 0 Å². The first-order chi connectivity index (χ1) is 13.6. The maximum Gasteiger partial charge on any atom is 0.138 e. The number of aromatic amines is 1. The first-order valence-corrected chi connectivity index (χ1v) is 9.10. The van der Waals surface area contributed by atoms with Crippen molar-refractivity contribution in [2.24, 2.45) is 0 Å². The van der Waals surface area contributed by atoms with Gasteiger partial charge in [0.15, 0.2) is 0 Å². The lowest BCUT2D eigenvalue weighted by Gasteiger charge is -1.96. The van der Waals surface area contributed by atoms with Crippen molar-refractivity contribution in [2.75, 3.05) is 0 Å². The number of H-pyrrole nitrogens is 1. The fourth-order valence-corrected chi connectivity index (χ4v) is 2.25. The molecule has 1 aliphatic carbocycles. The van der Waals surface area contributed by atoms with Crippen molar-refractivity contribution in [2.45, 2.75) is 27.2 Å². The summed E-state index contributed by atoms with van der Waals surface area (Å²) >= 11 is 0. The van der Waals surface area contributed by atoms with Gasteiger partial charge in [-0.1, -0.05) is 54.6 Å². The Morgan fingerprint density at radius 1 is 1.04 bits per heavy atom. The number of nitrogens with one attached hydrogen (secondary N) is 1. The summed E-state index contributed by atoms with van der Waals surface area (Å²) in [7, 11) is 0. The number of nitrogens with zero attached hydrogens (tertiary/aromatic N) is 1. The molecule has 1 heterocycles. The highest BCUT2D eigenvalue weighted by Gasteiger charge is 2.11. The summed E-state index contributed by atoms with van der Waals surface area (Å²) < 4.78 is 0. The van der Waals surface area contributed by atoms with Crippen molar-refractivity contribution < 1.29 is 5.11 Å². The third-order valence-corrected chi connectivity index (χ3v) is 3.29. The van der Waals surface area contributed by atoms with E-state index in [1.807, 2.05) is 57.2 Å². The fraction of sp³-hybridized carbons (Fsp3) is 0.160. The molecule has 0 saturated heterocycles. The minimum atomic E-state index is 0.364. The number of hydrogen-bond donors (Lipinski definition) is 2. The summed E-state index contributed by atoms with van der Waals surface area (Å²) in [6.45, 7) is 18.5. The average molecular weight is 377 g/mol. The Hall–Kier alpha value is -3.33. The van der Waals surface area contributed by atoms with Crippen molar-refractivity contribution in [3.05, 3.63) is 110 Å². The molecular formula is C25H32N2O. The van der Waals surface area contributed by atoms with Crippen LogP contribution in [0.5, 0.6) is 0 Å². The van der Waals surface area contributed by atoms with Gasteiger partial charge in [-0.2, -0.15) is 0 Å². The van der Waals surface area contributed by atoms with E-state index in [1.165, 1.54) is 0 Å². The second kappa shape index (κ2) is 14.8. The second-order valence-electron chi connectivity index (χ2n) is 5.63. The molecule has 0 bridgehead atoms. The van der Waals surface area contributed by atoms with Gasteiger partial charge in [0.05, 0.1) is 11.5 Å². The summed E-state index contributed by atoms with van der Waals surface area (Å²) in [5.74, 6) is 1.19.